The van der Waals surface area contributed by atoms with Crippen molar-refractivity contribution in [2.45, 2.75) is 25.2 Å². The van der Waals surface area contributed by atoms with Gasteiger partial charge in [0.15, 0.2) is 0 Å². The molecule has 1 aromatic rings. The molecule has 0 bridgehead atoms. The van der Waals surface area contributed by atoms with Gasteiger partial charge in [0.1, 0.15) is 0 Å². The first kappa shape index (κ1) is 19.5. The Bertz CT molecular complexity index is 617. The minimum Gasteiger partial charge on any atom is -0.481 e. The Labute approximate surface area is 153 Å². The summed E-state index contributed by atoms with van der Waals surface area (Å²) >= 11 is 6.40. The maximum atomic E-state index is 12.4. The van der Waals surface area contributed by atoms with Crippen LogP contribution in [0.15, 0.2) is 24.3 Å². The molecule has 2 amide bonds. The van der Waals surface area contributed by atoms with Gasteiger partial charge in [0, 0.05) is 43.8 Å². The van der Waals surface area contributed by atoms with E-state index in [0.29, 0.717) is 24.8 Å². The van der Waals surface area contributed by atoms with Gasteiger partial charge in [-0.25, -0.2) is 4.79 Å². The van der Waals surface area contributed by atoms with E-state index in [0.717, 1.165) is 18.4 Å². The molecular formula is C18H25ClN2O4. The number of nitrogens with one attached hydrogen (secondary N) is 1. The van der Waals surface area contributed by atoms with Crippen molar-refractivity contribution in [2.24, 2.45) is 5.92 Å². The lowest BCUT2D eigenvalue weighted by molar-refractivity contribution is -0.141. The summed E-state index contributed by atoms with van der Waals surface area (Å²) in [4.78, 5) is 24.7. The van der Waals surface area contributed by atoms with Crippen molar-refractivity contribution in [3.63, 3.8) is 0 Å². The lowest BCUT2D eigenvalue weighted by Crippen LogP contribution is -2.48. The Kier molecular flexibility index (Phi) is 6.67. The third-order valence-corrected chi connectivity index (χ3v) is 5.12. The zero-order valence-electron chi connectivity index (χ0n) is 14.6. The molecule has 0 aliphatic carbocycles. The van der Waals surface area contributed by atoms with Crippen LogP contribution in [0.2, 0.25) is 5.02 Å². The van der Waals surface area contributed by atoms with Crippen LogP contribution < -0.4 is 5.32 Å². The molecular weight excluding hydrogens is 344 g/mol. The molecule has 1 aliphatic rings. The quantitative estimate of drug-likeness (QED) is 0.809. The van der Waals surface area contributed by atoms with Gasteiger partial charge in [0.05, 0.1) is 5.92 Å². The Balaban J connectivity index is 2.07. The van der Waals surface area contributed by atoms with Crippen LogP contribution in [0.1, 0.15) is 25.3 Å². The average Bonchev–Trinajstić information content (AvgIpc) is 2.60. The number of amides is 2. The average molecular weight is 369 g/mol. The standard InChI is InChI=1S/C18H25ClN2O4/c1-13(16(22)23)11-21(2)17(24)20-12-18(7-9-25-10-8-18)14-5-3-4-6-15(14)19/h3-6,13H,7-12H2,1-2H3,(H,20,24)(H,22,23). The fourth-order valence-electron chi connectivity index (χ4n) is 3.15. The van der Waals surface area contributed by atoms with Gasteiger partial charge < -0.3 is 20.1 Å². The van der Waals surface area contributed by atoms with Crippen LogP contribution in [0, 0.1) is 5.92 Å². The van der Waals surface area contributed by atoms with E-state index < -0.39 is 11.9 Å². The second kappa shape index (κ2) is 8.54. The van der Waals surface area contributed by atoms with E-state index in [2.05, 4.69) is 5.32 Å². The van der Waals surface area contributed by atoms with E-state index >= 15 is 0 Å². The SMILES string of the molecule is CC(CN(C)C(=O)NCC1(c2ccccc2Cl)CCOCC1)C(=O)O. The summed E-state index contributed by atoms with van der Waals surface area (Å²) in [6.45, 7) is 3.41. The lowest BCUT2D eigenvalue weighted by Gasteiger charge is -2.38. The number of carbonyl (C=O) groups excluding carboxylic acids is 1. The molecule has 1 aliphatic heterocycles. The van der Waals surface area contributed by atoms with Crippen molar-refractivity contribution < 1.29 is 19.4 Å². The van der Waals surface area contributed by atoms with E-state index in [1.54, 1.807) is 14.0 Å². The molecule has 1 atom stereocenters. The van der Waals surface area contributed by atoms with Gasteiger partial charge in [-0.2, -0.15) is 0 Å². The van der Waals surface area contributed by atoms with Crippen molar-refractivity contribution in [3.05, 3.63) is 34.9 Å². The van der Waals surface area contributed by atoms with Crippen molar-refractivity contribution >= 4 is 23.6 Å². The molecule has 0 aromatic heterocycles. The topological polar surface area (TPSA) is 78.9 Å². The number of carboxylic acid groups (broad SMARTS) is 1. The third-order valence-electron chi connectivity index (χ3n) is 4.79. The highest BCUT2D eigenvalue weighted by molar-refractivity contribution is 6.31. The Morgan fingerprint density at radius 1 is 1.36 bits per heavy atom. The van der Waals surface area contributed by atoms with Crippen LogP contribution in [0.4, 0.5) is 4.79 Å². The van der Waals surface area contributed by atoms with Crippen molar-refractivity contribution in [3.8, 4) is 0 Å². The molecule has 1 unspecified atom stereocenters. The number of carboxylic acids is 1. The van der Waals surface area contributed by atoms with Gasteiger partial charge in [0.2, 0.25) is 0 Å². The molecule has 7 heteroatoms. The van der Waals surface area contributed by atoms with Crippen LogP contribution >= 0.6 is 11.6 Å². The zero-order valence-corrected chi connectivity index (χ0v) is 15.4. The maximum Gasteiger partial charge on any atom is 0.317 e. The Morgan fingerprint density at radius 3 is 2.60 bits per heavy atom. The number of carbonyl (C=O) groups is 2. The molecule has 1 aromatic carbocycles. The van der Waals surface area contributed by atoms with E-state index in [1.165, 1.54) is 4.90 Å². The monoisotopic (exact) mass is 368 g/mol. The summed E-state index contributed by atoms with van der Waals surface area (Å²) < 4.78 is 5.49. The minimum absolute atomic E-state index is 0.156. The van der Waals surface area contributed by atoms with Crippen LogP contribution in [0.5, 0.6) is 0 Å². The first-order valence-electron chi connectivity index (χ1n) is 8.40. The predicted octanol–water partition coefficient (Wildman–Crippen LogP) is 2.75. The van der Waals surface area contributed by atoms with Crippen molar-refractivity contribution in [1.82, 2.24) is 10.2 Å². The van der Waals surface area contributed by atoms with E-state index in [1.807, 2.05) is 24.3 Å². The number of ether oxygens (including phenoxy) is 1. The number of benzene rings is 1. The summed E-state index contributed by atoms with van der Waals surface area (Å²) in [5.74, 6) is -1.53. The van der Waals surface area contributed by atoms with Gasteiger partial charge in [-0.05, 0) is 24.5 Å². The fourth-order valence-corrected chi connectivity index (χ4v) is 3.48. The Hall–Kier alpha value is -1.79. The number of halogens is 1. The van der Waals surface area contributed by atoms with Gasteiger partial charge in [-0.15, -0.1) is 0 Å². The summed E-state index contributed by atoms with van der Waals surface area (Å²) in [6.07, 6.45) is 1.54. The van der Waals surface area contributed by atoms with E-state index in [9.17, 15) is 9.59 Å². The van der Waals surface area contributed by atoms with Crippen LogP contribution in [-0.2, 0) is 14.9 Å². The molecule has 1 saturated heterocycles. The second-order valence-corrected chi connectivity index (χ2v) is 7.06. The smallest absolute Gasteiger partial charge is 0.317 e. The van der Waals surface area contributed by atoms with Gasteiger partial charge in [-0.3, -0.25) is 4.79 Å². The molecule has 6 nitrogen and oxygen atoms in total. The summed E-state index contributed by atoms with van der Waals surface area (Å²) in [5.41, 5.74) is 0.743. The van der Waals surface area contributed by atoms with Gasteiger partial charge in [0.25, 0.3) is 0 Å². The molecule has 2 N–H and O–H groups in total. The van der Waals surface area contributed by atoms with E-state index in [-0.39, 0.29) is 18.0 Å². The molecule has 1 heterocycles. The summed E-state index contributed by atoms with van der Waals surface area (Å²) in [6, 6.07) is 7.40. The first-order chi connectivity index (χ1) is 11.9. The molecule has 0 saturated carbocycles. The zero-order chi connectivity index (χ0) is 18.4. The highest BCUT2D eigenvalue weighted by Gasteiger charge is 2.36. The summed E-state index contributed by atoms with van der Waals surface area (Å²) in [7, 11) is 1.60. The minimum atomic E-state index is -0.920. The number of hydrogen-bond acceptors (Lipinski definition) is 3. The van der Waals surface area contributed by atoms with Crippen molar-refractivity contribution in [2.75, 3.05) is 33.4 Å². The van der Waals surface area contributed by atoms with Gasteiger partial charge >= 0.3 is 12.0 Å². The summed E-state index contributed by atoms with van der Waals surface area (Å²) in [5, 5.41) is 12.6. The number of rotatable bonds is 6. The predicted molar refractivity (Wildman–Crippen MR) is 96.0 cm³/mol. The van der Waals surface area contributed by atoms with Crippen LogP contribution in [0.25, 0.3) is 0 Å². The molecule has 0 spiro atoms. The number of nitrogens with zero attached hydrogens (tertiary/aromatic N) is 1. The lowest BCUT2D eigenvalue weighted by atomic mass is 9.74. The van der Waals surface area contributed by atoms with Gasteiger partial charge in [-0.1, -0.05) is 36.7 Å². The largest absolute Gasteiger partial charge is 0.481 e. The number of hydrogen-bond donors (Lipinski definition) is 2. The van der Waals surface area contributed by atoms with E-state index in [4.69, 9.17) is 21.4 Å². The van der Waals surface area contributed by atoms with Crippen LogP contribution in [-0.4, -0.2) is 55.4 Å². The molecule has 138 valence electrons. The first-order valence-corrected chi connectivity index (χ1v) is 8.78. The van der Waals surface area contributed by atoms with Crippen molar-refractivity contribution in [1.29, 1.82) is 0 Å². The molecule has 25 heavy (non-hydrogen) atoms. The number of urea groups is 1. The molecule has 1 fully saturated rings. The second-order valence-electron chi connectivity index (χ2n) is 6.65. The molecule has 0 radical (unpaired) electrons. The maximum absolute atomic E-state index is 12.4. The number of aliphatic carboxylic acids is 1. The normalized spacial score (nSPS) is 17.6. The fraction of sp³-hybridized carbons (Fsp3) is 0.556. The molecule has 2 rings (SSSR count). The highest BCUT2D eigenvalue weighted by Crippen LogP contribution is 2.38. The Morgan fingerprint density at radius 2 is 2.00 bits per heavy atom. The highest BCUT2D eigenvalue weighted by atomic mass is 35.5. The third kappa shape index (κ3) is 4.86. The van der Waals surface area contributed by atoms with Crippen LogP contribution in [0.3, 0.4) is 0 Å².